The van der Waals surface area contributed by atoms with E-state index in [4.69, 9.17) is 16.0 Å². The average molecular weight is 322 g/mol. The van der Waals surface area contributed by atoms with Crippen LogP contribution in [0.2, 0.25) is 5.02 Å². The Labute approximate surface area is 128 Å². The molecule has 0 radical (unpaired) electrons. The Morgan fingerprint density at radius 3 is 2.95 bits per heavy atom. The molecule has 20 heavy (non-hydrogen) atoms. The first-order valence-electron chi connectivity index (χ1n) is 5.70. The van der Waals surface area contributed by atoms with Gasteiger partial charge in [0.05, 0.1) is 0 Å². The lowest BCUT2D eigenvalue weighted by molar-refractivity contribution is 0.106. The molecule has 0 aliphatic rings. The topological polar surface area (TPSA) is 43.1 Å². The Morgan fingerprint density at radius 2 is 2.20 bits per heavy atom. The van der Waals surface area contributed by atoms with Gasteiger partial charge in [0, 0.05) is 22.2 Å². The fraction of sp³-hybridized carbons (Fsp3) is 0. The molecule has 0 spiro atoms. The lowest BCUT2D eigenvalue weighted by atomic mass is 10.2. The lowest BCUT2D eigenvalue weighted by Gasteiger charge is -1.97. The van der Waals surface area contributed by atoms with Crippen molar-refractivity contribution in [2.24, 2.45) is 0 Å². The Bertz CT molecular complexity index is 737. The van der Waals surface area contributed by atoms with Crippen LogP contribution in [0.5, 0.6) is 0 Å². The molecule has 0 saturated carbocycles. The van der Waals surface area contributed by atoms with Crippen LogP contribution in [0, 0.1) is 0 Å². The lowest BCUT2D eigenvalue weighted by Crippen LogP contribution is -1.89. The number of thioether (sulfide) groups is 1. The van der Waals surface area contributed by atoms with Crippen LogP contribution >= 0.6 is 34.7 Å². The zero-order chi connectivity index (χ0) is 13.9. The van der Waals surface area contributed by atoms with Crippen LogP contribution in [-0.2, 0) is 0 Å². The minimum atomic E-state index is -0.159. The van der Waals surface area contributed by atoms with Gasteiger partial charge in [-0.05, 0) is 36.0 Å². The van der Waals surface area contributed by atoms with E-state index in [1.807, 2.05) is 17.5 Å². The van der Waals surface area contributed by atoms with Gasteiger partial charge < -0.3 is 4.42 Å². The molecular formula is C14H8ClNO2S2. The zero-order valence-corrected chi connectivity index (χ0v) is 12.5. The van der Waals surface area contributed by atoms with Crippen LogP contribution in [0.25, 0.3) is 11.3 Å². The van der Waals surface area contributed by atoms with Crippen molar-refractivity contribution in [3.63, 3.8) is 0 Å². The molecule has 2 heterocycles. The SMILES string of the molecule is O=C(Sc1nccs1)c1ccc(-c2cccc(Cl)c2)o1. The summed E-state index contributed by atoms with van der Waals surface area (Å²) in [5.74, 6) is 0.927. The highest BCUT2D eigenvalue weighted by Crippen LogP contribution is 2.29. The molecule has 3 nitrogen and oxygen atoms in total. The van der Waals surface area contributed by atoms with Crippen LogP contribution in [-0.4, -0.2) is 10.1 Å². The normalized spacial score (nSPS) is 10.7. The third kappa shape index (κ3) is 2.95. The summed E-state index contributed by atoms with van der Waals surface area (Å²) in [4.78, 5) is 16.1. The number of carbonyl (C=O) groups is 1. The Hall–Kier alpha value is -1.56. The largest absolute Gasteiger partial charge is 0.452 e. The number of rotatable bonds is 3. The average Bonchev–Trinajstić information content (AvgIpc) is 3.09. The quantitative estimate of drug-likeness (QED) is 0.637. The van der Waals surface area contributed by atoms with E-state index in [9.17, 15) is 4.79 Å². The van der Waals surface area contributed by atoms with Crippen LogP contribution in [0.4, 0.5) is 0 Å². The van der Waals surface area contributed by atoms with Gasteiger partial charge in [0.2, 0.25) is 0 Å². The molecule has 0 amide bonds. The monoisotopic (exact) mass is 321 g/mol. The molecule has 2 aromatic heterocycles. The number of furan rings is 1. The van der Waals surface area contributed by atoms with Crippen molar-refractivity contribution in [1.29, 1.82) is 0 Å². The van der Waals surface area contributed by atoms with E-state index in [-0.39, 0.29) is 5.12 Å². The number of nitrogens with zero attached hydrogens (tertiary/aromatic N) is 1. The summed E-state index contributed by atoms with van der Waals surface area (Å²) in [7, 11) is 0. The molecule has 0 saturated heterocycles. The number of hydrogen-bond acceptors (Lipinski definition) is 5. The van der Waals surface area contributed by atoms with Gasteiger partial charge in [-0.3, -0.25) is 4.79 Å². The maximum absolute atomic E-state index is 12.0. The van der Waals surface area contributed by atoms with Gasteiger partial charge in [0.15, 0.2) is 10.1 Å². The number of benzene rings is 1. The summed E-state index contributed by atoms with van der Waals surface area (Å²) >= 11 is 8.43. The highest BCUT2D eigenvalue weighted by molar-refractivity contribution is 8.15. The first kappa shape index (κ1) is 13.4. The molecule has 3 aromatic rings. The summed E-state index contributed by atoms with van der Waals surface area (Å²) in [6.45, 7) is 0. The Morgan fingerprint density at radius 1 is 1.30 bits per heavy atom. The summed E-state index contributed by atoms with van der Waals surface area (Å²) < 4.78 is 6.29. The maximum atomic E-state index is 12.0. The molecule has 0 bridgehead atoms. The van der Waals surface area contributed by atoms with E-state index in [1.54, 1.807) is 30.5 Å². The van der Waals surface area contributed by atoms with Crippen LogP contribution in [0.1, 0.15) is 10.6 Å². The Kier molecular flexibility index (Phi) is 3.91. The second kappa shape index (κ2) is 5.83. The van der Waals surface area contributed by atoms with E-state index in [2.05, 4.69) is 4.98 Å². The molecule has 100 valence electrons. The van der Waals surface area contributed by atoms with Gasteiger partial charge in [-0.25, -0.2) is 4.98 Å². The summed E-state index contributed by atoms with van der Waals surface area (Å²) in [5.41, 5.74) is 0.843. The fourth-order valence-corrected chi connectivity index (χ4v) is 3.25. The standard InChI is InChI=1S/C14H8ClNO2S2/c15-10-3-1-2-9(8-10)11-4-5-12(18-11)13(17)20-14-16-6-7-19-14/h1-8H. The maximum Gasteiger partial charge on any atom is 0.261 e. The zero-order valence-electron chi connectivity index (χ0n) is 10.1. The second-order valence-corrected chi connectivity index (χ2v) is 6.41. The van der Waals surface area contributed by atoms with Gasteiger partial charge in [-0.1, -0.05) is 23.7 Å². The smallest absolute Gasteiger partial charge is 0.261 e. The van der Waals surface area contributed by atoms with Crippen molar-refractivity contribution in [2.75, 3.05) is 0 Å². The van der Waals surface area contributed by atoms with Gasteiger partial charge in [0.25, 0.3) is 5.12 Å². The fourth-order valence-electron chi connectivity index (χ4n) is 1.63. The molecule has 0 N–H and O–H groups in total. The number of hydrogen-bond donors (Lipinski definition) is 0. The molecule has 3 rings (SSSR count). The Balaban J connectivity index is 1.81. The molecule has 0 aliphatic heterocycles. The van der Waals surface area contributed by atoms with Gasteiger partial charge >= 0.3 is 0 Å². The highest BCUT2D eigenvalue weighted by Gasteiger charge is 2.15. The first-order valence-corrected chi connectivity index (χ1v) is 7.77. The van der Waals surface area contributed by atoms with E-state index >= 15 is 0 Å². The molecule has 6 heteroatoms. The van der Waals surface area contributed by atoms with Crippen LogP contribution in [0.3, 0.4) is 0 Å². The molecule has 0 fully saturated rings. The van der Waals surface area contributed by atoms with Crippen LogP contribution in [0.15, 0.2) is 56.7 Å². The number of aromatic nitrogens is 1. The van der Waals surface area contributed by atoms with E-state index in [0.717, 1.165) is 17.3 Å². The number of halogens is 1. The summed E-state index contributed by atoms with van der Waals surface area (Å²) in [5, 5.41) is 2.30. The van der Waals surface area contributed by atoms with Crippen molar-refractivity contribution in [3.8, 4) is 11.3 Å². The van der Waals surface area contributed by atoms with E-state index in [1.165, 1.54) is 11.3 Å². The molecule has 0 unspecified atom stereocenters. The van der Waals surface area contributed by atoms with Crippen LogP contribution < -0.4 is 0 Å². The second-order valence-electron chi connectivity index (χ2n) is 3.86. The number of carbonyl (C=O) groups excluding carboxylic acids is 1. The van der Waals surface area contributed by atoms with Crippen molar-refractivity contribution >= 4 is 39.8 Å². The van der Waals surface area contributed by atoms with Gasteiger partial charge in [0.1, 0.15) is 5.76 Å². The van der Waals surface area contributed by atoms with Crippen molar-refractivity contribution in [3.05, 3.63) is 58.8 Å². The van der Waals surface area contributed by atoms with E-state index < -0.39 is 0 Å². The summed E-state index contributed by atoms with van der Waals surface area (Å²) in [6.07, 6.45) is 1.67. The molecule has 0 aliphatic carbocycles. The van der Waals surface area contributed by atoms with Crippen molar-refractivity contribution < 1.29 is 9.21 Å². The van der Waals surface area contributed by atoms with Crippen molar-refractivity contribution in [2.45, 2.75) is 4.34 Å². The molecular weight excluding hydrogens is 314 g/mol. The molecule has 0 atom stereocenters. The van der Waals surface area contributed by atoms with Gasteiger partial charge in [-0.2, -0.15) is 0 Å². The number of thiazole rings is 1. The highest BCUT2D eigenvalue weighted by atomic mass is 35.5. The van der Waals surface area contributed by atoms with E-state index in [0.29, 0.717) is 20.9 Å². The third-order valence-electron chi connectivity index (χ3n) is 2.51. The minimum absolute atomic E-state index is 0.159. The predicted molar refractivity (Wildman–Crippen MR) is 81.5 cm³/mol. The summed E-state index contributed by atoms with van der Waals surface area (Å²) in [6, 6.07) is 10.7. The van der Waals surface area contributed by atoms with Crippen molar-refractivity contribution in [1.82, 2.24) is 4.98 Å². The molecule has 1 aromatic carbocycles. The minimum Gasteiger partial charge on any atom is -0.452 e. The predicted octanol–water partition coefficient (Wildman–Crippen LogP) is 4.99. The first-order chi connectivity index (χ1) is 9.72. The van der Waals surface area contributed by atoms with Gasteiger partial charge in [-0.15, -0.1) is 11.3 Å². The third-order valence-corrected chi connectivity index (χ3v) is 4.51.